The van der Waals surface area contributed by atoms with Crippen molar-refractivity contribution in [1.82, 2.24) is 39.7 Å². The van der Waals surface area contributed by atoms with Crippen molar-refractivity contribution in [3.63, 3.8) is 0 Å². The smallest absolute Gasteiger partial charge is 0.249 e. The second-order valence-corrected chi connectivity index (χ2v) is 13.6. The number of phenolic OH excluding ortho intramolecular Hbond substituents is 1. The molecule has 2 fully saturated rings. The summed E-state index contributed by atoms with van der Waals surface area (Å²) in [6, 6.07) is 18.4. The summed E-state index contributed by atoms with van der Waals surface area (Å²) in [7, 11) is 0. The monoisotopic (exact) mass is 684 g/mol. The molecule has 2 saturated heterocycles. The molecule has 6 heterocycles. The Balaban J connectivity index is 0.899. The number of aryl methyl sites for hydroxylation is 1. The van der Waals surface area contributed by atoms with Crippen LogP contribution in [0.1, 0.15) is 43.7 Å². The molecule has 2 aliphatic heterocycles. The van der Waals surface area contributed by atoms with Gasteiger partial charge in [-0.1, -0.05) is 24.3 Å². The minimum Gasteiger partial charge on any atom is -0.507 e. The highest BCUT2D eigenvalue weighted by atomic mass is 16.3. The second kappa shape index (κ2) is 13.5. The predicted octanol–water partition coefficient (Wildman–Crippen LogP) is 4.70. The number of nitrogens with zero attached hydrogens (tertiary/aromatic N) is 7. The minimum atomic E-state index is -0.518. The lowest BCUT2D eigenvalue weighted by Gasteiger charge is -2.31. The van der Waals surface area contributed by atoms with E-state index in [2.05, 4.69) is 36.6 Å². The number of nitrogens with one attached hydrogen (secondary N) is 1. The molecule has 1 unspecified atom stereocenters. The summed E-state index contributed by atoms with van der Waals surface area (Å²) in [4.78, 5) is 32.0. The molecule has 8 rings (SSSR count). The molecule has 6 aromatic rings. The fraction of sp³-hybridized carbons (Fsp3) is 0.316. The molecule has 51 heavy (non-hydrogen) atoms. The molecule has 2 aliphatic rings. The highest BCUT2D eigenvalue weighted by Crippen LogP contribution is 2.37. The maximum Gasteiger partial charge on any atom is 0.249 e. The van der Waals surface area contributed by atoms with Gasteiger partial charge in [-0.05, 0) is 99.6 Å². The van der Waals surface area contributed by atoms with E-state index in [0.29, 0.717) is 47.3 Å². The normalized spacial score (nSPS) is 17.4. The van der Waals surface area contributed by atoms with E-state index >= 15 is 0 Å². The first-order valence-electron chi connectivity index (χ1n) is 17.5. The lowest BCUT2D eigenvalue weighted by Crippen LogP contribution is -2.41. The van der Waals surface area contributed by atoms with Gasteiger partial charge in [0.1, 0.15) is 23.3 Å². The van der Waals surface area contributed by atoms with Gasteiger partial charge in [-0.25, -0.2) is 4.98 Å². The maximum absolute atomic E-state index is 12.9. The van der Waals surface area contributed by atoms with Gasteiger partial charge >= 0.3 is 0 Å². The third-order valence-electron chi connectivity index (χ3n) is 10.3. The molecular formula is C38H40N10O3. The Morgan fingerprint density at radius 2 is 1.78 bits per heavy atom. The third kappa shape index (κ3) is 6.36. The van der Waals surface area contributed by atoms with Gasteiger partial charge in [0.15, 0.2) is 5.82 Å². The number of anilines is 2. The van der Waals surface area contributed by atoms with Crippen LogP contribution < -0.4 is 16.8 Å². The Morgan fingerprint density at radius 3 is 2.61 bits per heavy atom. The Labute approximate surface area is 294 Å². The largest absolute Gasteiger partial charge is 0.507 e. The first-order chi connectivity index (χ1) is 24.8. The molecule has 2 amide bonds. The van der Waals surface area contributed by atoms with Gasteiger partial charge in [0.2, 0.25) is 11.8 Å². The number of piperidine rings is 2. The summed E-state index contributed by atoms with van der Waals surface area (Å²) in [5.74, 6) is 0.833. The van der Waals surface area contributed by atoms with Crippen molar-refractivity contribution < 1.29 is 14.7 Å². The Morgan fingerprint density at radius 1 is 0.941 bits per heavy atom. The molecule has 13 heteroatoms. The molecule has 0 bridgehead atoms. The van der Waals surface area contributed by atoms with Crippen LogP contribution in [0.25, 0.3) is 44.3 Å². The first kappa shape index (κ1) is 32.4. The number of aromatic nitrogens is 6. The van der Waals surface area contributed by atoms with Crippen LogP contribution in [0.2, 0.25) is 0 Å². The molecular weight excluding hydrogens is 644 g/mol. The predicted molar refractivity (Wildman–Crippen MR) is 195 cm³/mol. The summed E-state index contributed by atoms with van der Waals surface area (Å²) in [5.41, 5.74) is 17.9. The lowest BCUT2D eigenvalue weighted by atomic mass is 9.96. The van der Waals surface area contributed by atoms with Crippen molar-refractivity contribution in [2.24, 2.45) is 5.92 Å². The van der Waals surface area contributed by atoms with E-state index in [1.807, 2.05) is 58.0 Å². The maximum atomic E-state index is 12.9. The Hall–Kier alpha value is -5.82. The molecule has 0 radical (unpaired) electrons. The number of hydrogen-bond acceptors (Lipinski definition) is 10. The number of likely N-dealkylation sites (tertiary alicyclic amines) is 1. The number of para-hydroxylation sites is 1. The number of fused-ring (bicyclic) bond motifs is 3. The average Bonchev–Trinajstić information content (AvgIpc) is 3.72. The van der Waals surface area contributed by atoms with Crippen LogP contribution in [0.15, 0.2) is 73.1 Å². The van der Waals surface area contributed by atoms with Crippen molar-refractivity contribution in [2.75, 3.05) is 31.1 Å². The van der Waals surface area contributed by atoms with Gasteiger partial charge in [0.25, 0.3) is 0 Å². The van der Waals surface area contributed by atoms with Crippen LogP contribution in [0.5, 0.6) is 5.75 Å². The molecule has 260 valence electrons. The van der Waals surface area contributed by atoms with Crippen molar-refractivity contribution in [3.8, 4) is 28.1 Å². The van der Waals surface area contributed by atoms with Gasteiger partial charge < -0.3 is 26.0 Å². The zero-order valence-corrected chi connectivity index (χ0v) is 28.2. The number of carbonyl (C=O) groups is 2. The summed E-state index contributed by atoms with van der Waals surface area (Å²) < 4.78 is 3.96. The molecule has 0 aliphatic carbocycles. The van der Waals surface area contributed by atoms with Gasteiger partial charge in [0, 0.05) is 46.6 Å². The van der Waals surface area contributed by atoms with E-state index in [0.717, 1.165) is 79.3 Å². The van der Waals surface area contributed by atoms with Crippen LogP contribution in [-0.2, 0) is 22.6 Å². The Kier molecular flexibility index (Phi) is 8.56. The highest BCUT2D eigenvalue weighted by Gasteiger charge is 2.31. The quantitative estimate of drug-likeness (QED) is 0.156. The van der Waals surface area contributed by atoms with Crippen molar-refractivity contribution >= 4 is 45.4 Å². The lowest BCUT2D eigenvalue weighted by molar-refractivity contribution is -0.135. The van der Waals surface area contributed by atoms with E-state index in [1.54, 1.807) is 18.2 Å². The molecule has 2 aromatic carbocycles. The number of phenols is 1. The number of hydrogen-bond donors (Lipinski definition) is 4. The molecule has 4 aromatic heterocycles. The zero-order valence-electron chi connectivity index (χ0n) is 28.2. The van der Waals surface area contributed by atoms with Crippen LogP contribution in [0, 0.1) is 5.92 Å². The number of benzene rings is 2. The topological polar surface area (TPSA) is 183 Å². The standard InChI is InChI=1S/C38H40N10O3/c39-33-12-10-27-35-24(5-3-8-30(35)48(37(27)42-33)31-11-13-34(50)43-38(31)51)6-4-16-46-17-14-23(15-18-46)21-47-22-25(20-41-47)28-19-29(44-45-36(28)40)26-7-1-2-9-32(26)49/h1-3,5,7-10,12,19-20,22-23,31,49H,4,6,11,13-18,21H2,(H2,39,42)(H2,40,45)(H,43,50,51). The molecule has 6 N–H and O–H groups in total. The third-order valence-corrected chi connectivity index (χ3v) is 10.3. The number of imide groups is 1. The van der Waals surface area contributed by atoms with E-state index in [1.165, 1.54) is 5.56 Å². The molecule has 13 nitrogen and oxygen atoms in total. The minimum absolute atomic E-state index is 0.140. The number of amides is 2. The number of nitrogen functional groups attached to an aromatic ring is 2. The number of pyridine rings is 1. The van der Waals surface area contributed by atoms with E-state index in [-0.39, 0.29) is 17.6 Å². The fourth-order valence-corrected chi connectivity index (χ4v) is 7.71. The van der Waals surface area contributed by atoms with E-state index < -0.39 is 6.04 Å². The second-order valence-electron chi connectivity index (χ2n) is 13.6. The summed E-state index contributed by atoms with van der Waals surface area (Å²) in [6.07, 6.45) is 8.62. The van der Waals surface area contributed by atoms with Crippen molar-refractivity contribution in [2.45, 2.75) is 51.1 Å². The first-order valence-corrected chi connectivity index (χ1v) is 17.5. The average molecular weight is 685 g/mol. The molecule has 0 spiro atoms. The van der Waals surface area contributed by atoms with Crippen LogP contribution in [-0.4, -0.2) is 71.0 Å². The summed E-state index contributed by atoms with van der Waals surface area (Å²) >= 11 is 0. The summed E-state index contributed by atoms with van der Waals surface area (Å²) in [6.45, 7) is 3.90. The number of carbonyl (C=O) groups excluding carboxylic acids is 2. The SMILES string of the molecule is Nc1ccc2c3c(CCCN4CCC(Cn5cc(-c6cc(-c7ccccc7O)nnc6N)cn5)CC4)cccc3n(C3CCC(=O)NC3=O)c2n1. The van der Waals surface area contributed by atoms with Crippen LogP contribution >= 0.6 is 0 Å². The molecule has 1 atom stereocenters. The van der Waals surface area contributed by atoms with E-state index in [9.17, 15) is 14.7 Å². The molecule has 0 saturated carbocycles. The number of aromatic hydroxyl groups is 1. The van der Waals surface area contributed by atoms with Crippen molar-refractivity contribution in [1.29, 1.82) is 0 Å². The van der Waals surface area contributed by atoms with Gasteiger partial charge in [0.05, 0.1) is 17.4 Å². The summed E-state index contributed by atoms with van der Waals surface area (Å²) in [5, 5.41) is 27.8. The van der Waals surface area contributed by atoms with Crippen LogP contribution in [0.3, 0.4) is 0 Å². The number of nitrogens with two attached hydrogens (primary N) is 2. The fourth-order valence-electron chi connectivity index (χ4n) is 7.71. The van der Waals surface area contributed by atoms with Gasteiger partial charge in [-0.2, -0.15) is 5.10 Å². The highest BCUT2D eigenvalue weighted by molar-refractivity contribution is 6.10. The number of rotatable bonds is 9. The van der Waals surface area contributed by atoms with E-state index in [4.69, 9.17) is 11.5 Å². The Bertz CT molecular complexity index is 2270. The van der Waals surface area contributed by atoms with Gasteiger partial charge in [-0.15, -0.1) is 10.2 Å². The van der Waals surface area contributed by atoms with Crippen LogP contribution in [0.4, 0.5) is 11.6 Å². The van der Waals surface area contributed by atoms with Crippen molar-refractivity contribution in [3.05, 3.63) is 78.6 Å². The zero-order chi connectivity index (χ0) is 35.1. The van der Waals surface area contributed by atoms with Gasteiger partial charge in [-0.3, -0.25) is 19.6 Å².